The van der Waals surface area contributed by atoms with E-state index in [2.05, 4.69) is 49.5 Å². The first-order valence-electron chi connectivity index (χ1n) is 10.6. The zero-order valence-corrected chi connectivity index (χ0v) is 17.6. The highest BCUT2D eigenvalue weighted by molar-refractivity contribution is 5.92. The Hall–Kier alpha value is -3.12. The number of benzene rings is 1. The van der Waals surface area contributed by atoms with Crippen molar-refractivity contribution in [2.24, 2.45) is 0 Å². The lowest BCUT2D eigenvalue weighted by Gasteiger charge is -2.19. The number of hydrogen-bond donors (Lipinski definition) is 0. The summed E-state index contributed by atoms with van der Waals surface area (Å²) < 4.78 is 7.93. The fraction of sp³-hybridized carbons (Fsp3) is 0.333. The predicted molar refractivity (Wildman–Crippen MR) is 121 cm³/mol. The molecule has 1 saturated heterocycles. The van der Waals surface area contributed by atoms with E-state index in [4.69, 9.17) is 9.72 Å². The average Bonchev–Trinajstić information content (AvgIpc) is 3.42. The van der Waals surface area contributed by atoms with E-state index >= 15 is 0 Å². The lowest BCUT2D eigenvalue weighted by atomic mass is 10.1. The quantitative estimate of drug-likeness (QED) is 0.487. The molecule has 6 nitrogen and oxygen atoms in total. The lowest BCUT2D eigenvalue weighted by molar-refractivity contribution is 0.261. The number of para-hydroxylation sites is 1. The molecule has 1 aliphatic heterocycles. The van der Waals surface area contributed by atoms with Crippen molar-refractivity contribution < 1.29 is 4.74 Å². The van der Waals surface area contributed by atoms with Gasteiger partial charge in [-0.2, -0.15) is 0 Å². The van der Waals surface area contributed by atoms with E-state index in [0.29, 0.717) is 6.61 Å². The summed E-state index contributed by atoms with van der Waals surface area (Å²) in [6, 6.07) is 14.7. The zero-order chi connectivity index (χ0) is 20.5. The molecule has 1 aliphatic rings. The maximum absolute atomic E-state index is 5.85. The Bertz CT molecular complexity index is 1180. The SMILES string of the molecule is CN(C)CCOc1ccn2c(-c3ccc4cccc(N5CCCC5)c4n3)cnc2c1. The fourth-order valence-corrected chi connectivity index (χ4v) is 4.07. The Labute approximate surface area is 176 Å². The van der Waals surface area contributed by atoms with Gasteiger partial charge >= 0.3 is 0 Å². The third kappa shape index (κ3) is 3.59. The van der Waals surface area contributed by atoms with Crippen LogP contribution >= 0.6 is 0 Å². The summed E-state index contributed by atoms with van der Waals surface area (Å²) in [4.78, 5) is 14.2. The Morgan fingerprint density at radius 3 is 2.77 bits per heavy atom. The van der Waals surface area contributed by atoms with Crippen LogP contribution in [-0.2, 0) is 0 Å². The highest BCUT2D eigenvalue weighted by Gasteiger charge is 2.17. The summed E-state index contributed by atoms with van der Waals surface area (Å²) in [6.45, 7) is 3.75. The van der Waals surface area contributed by atoms with Gasteiger partial charge in [-0.05, 0) is 45.1 Å². The minimum absolute atomic E-state index is 0.655. The van der Waals surface area contributed by atoms with E-state index in [-0.39, 0.29) is 0 Å². The van der Waals surface area contributed by atoms with Gasteiger partial charge in [0, 0.05) is 37.3 Å². The molecule has 4 heterocycles. The van der Waals surface area contributed by atoms with E-state index < -0.39 is 0 Å². The normalized spacial score (nSPS) is 14.3. The largest absolute Gasteiger partial charge is 0.492 e. The van der Waals surface area contributed by atoms with E-state index in [1.165, 1.54) is 23.9 Å². The van der Waals surface area contributed by atoms with Crippen LogP contribution < -0.4 is 9.64 Å². The van der Waals surface area contributed by atoms with Crippen molar-refractivity contribution in [1.82, 2.24) is 19.3 Å². The highest BCUT2D eigenvalue weighted by atomic mass is 16.5. The second-order valence-corrected chi connectivity index (χ2v) is 8.13. The highest BCUT2D eigenvalue weighted by Crippen LogP contribution is 2.31. The standard InChI is InChI=1S/C24H27N5O/c1-27(2)14-15-30-19-10-13-29-22(17-25-23(29)16-19)20-9-8-18-6-5-7-21(24(18)26-20)28-11-3-4-12-28/h5-10,13,16-17H,3-4,11-12,14-15H2,1-2H3. The van der Waals surface area contributed by atoms with E-state index in [0.717, 1.165) is 47.9 Å². The molecule has 1 aromatic carbocycles. The monoisotopic (exact) mass is 401 g/mol. The van der Waals surface area contributed by atoms with Crippen LogP contribution in [0.2, 0.25) is 0 Å². The lowest BCUT2D eigenvalue weighted by Crippen LogP contribution is -2.19. The van der Waals surface area contributed by atoms with Crippen LogP contribution in [-0.4, -0.2) is 59.6 Å². The van der Waals surface area contributed by atoms with E-state index in [1.807, 2.05) is 38.6 Å². The summed E-state index contributed by atoms with van der Waals surface area (Å²) in [5.41, 5.74) is 5.08. The topological polar surface area (TPSA) is 45.9 Å². The number of pyridine rings is 2. The van der Waals surface area contributed by atoms with Crippen molar-refractivity contribution in [2.45, 2.75) is 12.8 Å². The number of hydrogen-bond acceptors (Lipinski definition) is 5. The molecule has 0 radical (unpaired) electrons. The van der Waals surface area contributed by atoms with Crippen LogP contribution in [0.3, 0.4) is 0 Å². The minimum atomic E-state index is 0.655. The Morgan fingerprint density at radius 1 is 1.07 bits per heavy atom. The van der Waals surface area contributed by atoms with Crippen LogP contribution in [0.4, 0.5) is 5.69 Å². The second-order valence-electron chi connectivity index (χ2n) is 8.13. The van der Waals surface area contributed by atoms with Gasteiger partial charge in [-0.1, -0.05) is 18.2 Å². The third-order valence-corrected chi connectivity index (χ3v) is 5.70. The number of fused-ring (bicyclic) bond motifs is 2. The molecule has 30 heavy (non-hydrogen) atoms. The van der Waals surface area contributed by atoms with Crippen molar-refractivity contribution in [1.29, 1.82) is 0 Å². The molecule has 5 rings (SSSR count). The molecule has 4 aromatic rings. The fourth-order valence-electron chi connectivity index (χ4n) is 4.07. The number of imidazole rings is 1. The van der Waals surface area contributed by atoms with Crippen molar-refractivity contribution in [3.05, 3.63) is 54.9 Å². The first kappa shape index (κ1) is 18.9. The molecule has 0 unspecified atom stereocenters. The van der Waals surface area contributed by atoms with Gasteiger partial charge in [-0.3, -0.25) is 4.40 Å². The Morgan fingerprint density at radius 2 is 1.93 bits per heavy atom. The maximum atomic E-state index is 5.85. The molecule has 3 aromatic heterocycles. The van der Waals surface area contributed by atoms with Gasteiger partial charge in [-0.15, -0.1) is 0 Å². The summed E-state index contributed by atoms with van der Waals surface area (Å²) in [5.74, 6) is 0.837. The Kier molecular flexibility index (Phi) is 5.01. The van der Waals surface area contributed by atoms with Gasteiger partial charge in [0.05, 0.1) is 28.8 Å². The molecule has 0 spiro atoms. The van der Waals surface area contributed by atoms with Gasteiger partial charge in [-0.25, -0.2) is 9.97 Å². The van der Waals surface area contributed by atoms with Gasteiger partial charge in [0.1, 0.15) is 18.0 Å². The molecule has 0 N–H and O–H groups in total. The summed E-state index contributed by atoms with van der Waals surface area (Å²) in [5, 5.41) is 1.17. The summed E-state index contributed by atoms with van der Waals surface area (Å²) in [6.07, 6.45) is 6.41. The number of rotatable bonds is 6. The molecule has 6 heteroatoms. The summed E-state index contributed by atoms with van der Waals surface area (Å²) in [7, 11) is 4.08. The minimum Gasteiger partial charge on any atom is -0.492 e. The van der Waals surface area contributed by atoms with Gasteiger partial charge in [0.25, 0.3) is 0 Å². The second kappa shape index (κ2) is 7.95. The van der Waals surface area contributed by atoms with Gasteiger partial charge in [0.15, 0.2) is 0 Å². The molecular weight excluding hydrogens is 374 g/mol. The molecular formula is C24H27N5O. The van der Waals surface area contributed by atoms with Crippen LogP contribution in [0.5, 0.6) is 5.75 Å². The number of ether oxygens (including phenoxy) is 1. The zero-order valence-electron chi connectivity index (χ0n) is 17.6. The van der Waals surface area contributed by atoms with Crippen molar-refractivity contribution in [3.8, 4) is 17.1 Å². The average molecular weight is 402 g/mol. The van der Waals surface area contributed by atoms with Crippen LogP contribution in [0, 0.1) is 0 Å². The van der Waals surface area contributed by atoms with Crippen molar-refractivity contribution in [3.63, 3.8) is 0 Å². The molecule has 1 fully saturated rings. The first-order valence-corrected chi connectivity index (χ1v) is 10.6. The molecule has 0 aliphatic carbocycles. The van der Waals surface area contributed by atoms with Gasteiger partial charge < -0.3 is 14.5 Å². The maximum Gasteiger partial charge on any atom is 0.140 e. The van der Waals surface area contributed by atoms with Crippen LogP contribution in [0.15, 0.2) is 54.9 Å². The van der Waals surface area contributed by atoms with Gasteiger partial charge in [0.2, 0.25) is 0 Å². The molecule has 154 valence electrons. The predicted octanol–water partition coefficient (Wildman–Crippen LogP) is 4.09. The van der Waals surface area contributed by atoms with E-state index in [1.54, 1.807) is 0 Å². The molecule has 0 amide bonds. The van der Waals surface area contributed by atoms with Crippen molar-refractivity contribution >= 4 is 22.2 Å². The third-order valence-electron chi connectivity index (χ3n) is 5.70. The molecule has 0 bridgehead atoms. The van der Waals surface area contributed by atoms with Crippen LogP contribution in [0.25, 0.3) is 27.9 Å². The van der Waals surface area contributed by atoms with E-state index in [9.17, 15) is 0 Å². The van der Waals surface area contributed by atoms with Crippen molar-refractivity contribution in [2.75, 3.05) is 45.2 Å². The first-order chi connectivity index (χ1) is 14.7. The molecule has 0 atom stereocenters. The van der Waals surface area contributed by atoms with Crippen LogP contribution in [0.1, 0.15) is 12.8 Å². The number of likely N-dealkylation sites (N-methyl/N-ethyl adjacent to an activating group) is 1. The number of aromatic nitrogens is 3. The Balaban J connectivity index is 1.49. The number of anilines is 1. The smallest absolute Gasteiger partial charge is 0.140 e. The summed E-state index contributed by atoms with van der Waals surface area (Å²) >= 11 is 0. The molecule has 0 saturated carbocycles. The number of nitrogens with zero attached hydrogens (tertiary/aromatic N) is 5.